The van der Waals surface area contributed by atoms with Gasteiger partial charge in [0.15, 0.2) is 0 Å². The van der Waals surface area contributed by atoms with E-state index >= 15 is 0 Å². The van der Waals surface area contributed by atoms with Crippen LogP contribution in [0.2, 0.25) is 0 Å². The van der Waals surface area contributed by atoms with Crippen LogP contribution < -0.4 is 0 Å². The van der Waals surface area contributed by atoms with Crippen LogP contribution in [-0.4, -0.2) is 19.6 Å². The molecule has 2 N–H and O–H groups in total. The third-order valence-corrected chi connectivity index (χ3v) is 7.28. The van der Waals surface area contributed by atoms with Crippen LogP contribution in [0.25, 0.3) is 10.6 Å². The van der Waals surface area contributed by atoms with Gasteiger partial charge in [0.1, 0.15) is 0 Å². The summed E-state index contributed by atoms with van der Waals surface area (Å²) in [6.07, 6.45) is 0. The van der Waals surface area contributed by atoms with Crippen LogP contribution in [-0.2, 0) is 20.1 Å². The summed E-state index contributed by atoms with van der Waals surface area (Å²) in [5.41, 5.74) is 2.42. The maximum absolute atomic E-state index is 4.51. The fourth-order valence-corrected chi connectivity index (χ4v) is 4.64. The molecule has 0 aromatic heterocycles. The monoisotopic (exact) mass is 604 g/mol. The molecule has 1 fully saturated rings. The van der Waals surface area contributed by atoms with Gasteiger partial charge < -0.3 is 23.5 Å². The first-order valence-electron chi connectivity index (χ1n) is 10.7. The standard InChI is InChI=1S/C16H18N2.C10H20.CH3.Ir.H2O/c1-17-15(13-9-5-3-6-10-13)16(18-2)14-11-7-4-8-12-14;1-6-7(2)9(4)10(5)8(6)3;;;/h3-12,15-16H,1-2H3;6-10H,1-5H3;1H3;;1H2/q-2;;-1;+3;/t15-,16?;;;;/m1..../s1. The first kappa shape index (κ1) is 32.2. The Balaban J connectivity index is 0. The average Bonchev–Trinajstić information content (AvgIpc) is 2.91. The van der Waals surface area contributed by atoms with E-state index in [-0.39, 0.29) is 45.1 Å². The van der Waals surface area contributed by atoms with Crippen molar-refractivity contribution in [2.24, 2.45) is 29.6 Å². The Morgan fingerprint density at radius 1 is 0.548 bits per heavy atom. The molecule has 1 aliphatic carbocycles. The number of hydrogen-bond donors (Lipinski definition) is 0. The van der Waals surface area contributed by atoms with Crippen LogP contribution in [0.5, 0.6) is 0 Å². The number of rotatable bonds is 5. The van der Waals surface area contributed by atoms with Crippen LogP contribution >= 0.6 is 0 Å². The van der Waals surface area contributed by atoms with E-state index in [1.807, 2.05) is 50.5 Å². The molecule has 0 radical (unpaired) electrons. The Kier molecular flexibility index (Phi) is 16.3. The van der Waals surface area contributed by atoms with Crippen molar-refractivity contribution in [2.75, 3.05) is 14.1 Å². The summed E-state index contributed by atoms with van der Waals surface area (Å²) in [4.78, 5) is 0. The van der Waals surface area contributed by atoms with E-state index in [9.17, 15) is 0 Å². The van der Waals surface area contributed by atoms with Gasteiger partial charge in [0, 0.05) is 0 Å². The summed E-state index contributed by atoms with van der Waals surface area (Å²) in [5, 5.41) is 9.02. The van der Waals surface area contributed by atoms with Crippen molar-refractivity contribution < 1.29 is 25.6 Å². The molecule has 1 unspecified atom stereocenters. The van der Waals surface area contributed by atoms with Crippen molar-refractivity contribution in [3.8, 4) is 0 Å². The fraction of sp³-hybridized carbons (Fsp3) is 0.519. The second kappa shape index (κ2) is 15.7. The molecule has 4 heteroatoms. The van der Waals surface area contributed by atoms with Gasteiger partial charge in [0.05, 0.1) is 0 Å². The Morgan fingerprint density at radius 3 is 0.968 bits per heavy atom. The van der Waals surface area contributed by atoms with Crippen LogP contribution in [0.4, 0.5) is 0 Å². The van der Waals surface area contributed by atoms with E-state index < -0.39 is 0 Å². The van der Waals surface area contributed by atoms with E-state index in [1.54, 1.807) is 0 Å². The van der Waals surface area contributed by atoms with Gasteiger partial charge >= 0.3 is 20.1 Å². The molecule has 0 bridgehead atoms. The van der Waals surface area contributed by atoms with Gasteiger partial charge in [-0.1, -0.05) is 106 Å². The van der Waals surface area contributed by atoms with Crippen LogP contribution in [0, 0.1) is 37.0 Å². The molecule has 3 rings (SSSR count). The third-order valence-electron chi connectivity index (χ3n) is 7.28. The molecular formula is C27H43IrN2O. The first-order chi connectivity index (χ1) is 13.4. The SMILES string of the molecule is CC1C(C)C(C)C(C)C1C.C[N-]C(c1ccccc1)[C@H]([N-]C)c1ccccc1.O.[CH3-].[Ir+3]. The van der Waals surface area contributed by atoms with Gasteiger partial charge in [-0.15, -0.1) is 12.1 Å². The molecule has 0 saturated heterocycles. The van der Waals surface area contributed by atoms with Crippen molar-refractivity contribution in [1.29, 1.82) is 0 Å². The molecule has 2 aromatic carbocycles. The predicted octanol–water partition coefficient (Wildman–Crippen LogP) is 7.28. The van der Waals surface area contributed by atoms with Crippen LogP contribution in [0.1, 0.15) is 57.8 Å². The first-order valence-corrected chi connectivity index (χ1v) is 10.7. The zero-order valence-electron chi connectivity index (χ0n) is 20.5. The largest absolute Gasteiger partial charge is 3.00 e. The topological polar surface area (TPSA) is 59.7 Å². The molecule has 31 heavy (non-hydrogen) atoms. The van der Waals surface area contributed by atoms with Crippen molar-refractivity contribution in [2.45, 2.75) is 46.7 Å². The van der Waals surface area contributed by atoms with Crippen molar-refractivity contribution in [3.05, 3.63) is 89.9 Å². The number of likely N-dealkylation sites (N-methyl/N-ethyl adjacent to an activating group) is 2. The van der Waals surface area contributed by atoms with E-state index in [0.717, 1.165) is 29.6 Å². The zero-order chi connectivity index (χ0) is 20.7. The fourth-order valence-electron chi connectivity index (χ4n) is 4.64. The van der Waals surface area contributed by atoms with Gasteiger partial charge in [-0.25, -0.2) is 0 Å². The normalized spacial score (nSPS) is 26.1. The van der Waals surface area contributed by atoms with E-state index in [2.05, 4.69) is 69.5 Å². The van der Waals surface area contributed by atoms with Gasteiger partial charge in [-0.2, -0.15) is 14.1 Å². The van der Waals surface area contributed by atoms with Crippen molar-refractivity contribution in [3.63, 3.8) is 0 Å². The average molecular weight is 604 g/mol. The molecule has 176 valence electrons. The summed E-state index contributed by atoms with van der Waals surface area (Å²) in [7, 11) is 3.72. The second-order valence-electron chi connectivity index (χ2n) is 8.52. The number of nitrogens with zero attached hydrogens (tertiary/aromatic N) is 2. The minimum atomic E-state index is 0. The summed E-state index contributed by atoms with van der Waals surface area (Å²) >= 11 is 0. The van der Waals surface area contributed by atoms with Gasteiger partial charge in [-0.3, -0.25) is 0 Å². The van der Waals surface area contributed by atoms with Crippen LogP contribution in [0.3, 0.4) is 0 Å². The van der Waals surface area contributed by atoms with E-state index in [4.69, 9.17) is 0 Å². The Bertz CT molecular complexity index is 592. The zero-order valence-corrected chi connectivity index (χ0v) is 22.9. The molecule has 2 atom stereocenters. The molecule has 1 aliphatic rings. The maximum Gasteiger partial charge on any atom is 3.00 e. The Labute approximate surface area is 205 Å². The quantitative estimate of drug-likeness (QED) is 0.323. The minimum Gasteiger partial charge on any atom is -0.659 e. The van der Waals surface area contributed by atoms with Gasteiger partial charge in [0.2, 0.25) is 0 Å². The molecule has 0 spiro atoms. The predicted molar refractivity (Wildman–Crippen MR) is 133 cm³/mol. The van der Waals surface area contributed by atoms with Gasteiger partial charge in [0.25, 0.3) is 0 Å². The molecule has 0 heterocycles. The van der Waals surface area contributed by atoms with Gasteiger partial charge in [-0.05, 0) is 29.6 Å². The molecule has 1 saturated carbocycles. The van der Waals surface area contributed by atoms with Crippen molar-refractivity contribution in [1.82, 2.24) is 0 Å². The summed E-state index contributed by atoms with van der Waals surface area (Å²) < 4.78 is 0. The summed E-state index contributed by atoms with van der Waals surface area (Å²) in [6, 6.07) is 20.8. The van der Waals surface area contributed by atoms with E-state index in [0.29, 0.717) is 0 Å². The third kappa shape index (κ3) is 8.11. The van der Waals surface area contributed by atoms with E-state index in [1.165, 1.54) is 11.1 Å². The van der Waals surface area contributed by atoms with Crippen molar-refractivity contribution >= 4 is 0 Å². The molecule has 3 nitrogen and oxygen atoms in total. The smallest absolute Gasteiger partial charge is 0.659 e. The molecule has 0 aliphatic heterocycles. The maximum atomic E-state index is 4.51. The molecular weight excluding hydrogens is 561 g/mol. The second-order valence-corrected chi connectivity index (χ2v) is 8.52. The minimum absolute atomic E-state index is 0. The number of hydrogen-bond acceptors (Lipinski definition) is 0. The van der Waals surface area contributed by atoms with Crippen LogP contribution in [0.15, 0.2) is 60.7 Å². The Morgan fingerprint density at radius 2 is 0.774 bits per heavy atom. The molecule has 2 aromatic rings. The Hall–Kier alpha value is -1.03. The number of benzene rings is 2. The summed E-state index contributed by atoms with van der Waals surface area (Å²) in [5.74, 6) is 4.68. The summed E-state index contributed by atoms with van der Waals surface area (Å²) in [6.45, 7) is 12.0. The molecule has 0 amide bonds.